The Bertz CT molecular complexity index is 527. The maximum Gasteiger partial charge on any atom is 0.410 e. The molecule has 1 aliphatic heterocycles. The highest BCUT2D eigenvalue weighted by Gasteiger charge is 2.33. The molecule has 1 aliphatic rings. The third kappa shape index (κ3) is 5.21. The fourth-order valence-electron chi connectivity index (χ4n) is 3.09. The summed E-state index contributed by atoms with van der Waals surface area (Å²) in [6.07, 6.45) is 0.511. The van der Waals surface area contributed by atoms with Gasteiger partial charge in [0.15, 0.2) is 0 Å². The molecule has 1 aromatic carbocycles. The number of amides is 1. The SMILES string of the molecule is CC(NC1CCN(C(=O)OC(C)(C)C)CC1CO)c1ccccc1. The molecule has 2 rings (SSSR count). The summed E-state index contributed by atoms with van der Waals surface area (Å²) in [4.78, 5) is 13.9. The van der Waals surface area contributed by atoms with Crippen molar-refractivity contribution in [3.8, 4) is 0 Å². The Kier molecular flexibility index (Phi) is 6.24. The topological polar surface area (TPSA) is 61.8 Å². The van der Waals surface area contributed by atoms with Gasteiger partial charge < -0.3 is 20.1 Å². The minimum atomic E-state index is -0.497. The Morgan fingerprint density at radius 2 is 2.04 bits per heavy atom. The smallest absolute Gasteiger partial charge is 0.410 e. The summed E-state index contributed by atoms with van der Waals surface area (Å²) in [7, 11) is 0. The number of aliphatic hydroxyl groups excluding tert-OH is 1. The summed E-state index contributed by atoms with van der Waals surface area (Å²) >= 11 is 0. The molecule has 1 amide bonds. The molecule has 1 aromatic rings. The molecule has 0 aromatic heterocycles. The van der Waals surface area contributed by atoms with Crippen LogP contribution in [0.4, 0.5) is 4.79 Å². The number of carbonyl (C=O) groups excluding carboxylic acids is 1. The number of nitrogens with one attached hydrogen (secondary N) is 1. The van der Waals surface area contributed by atoms with Crippen molar-refractivity contribution in [2.75, 3.05) is 19.7 Å². The van der Waals surface area contributed by atoms with Gasteiger partial charge in [0.25, 0.3) is 0 Å². The molecule has 24 heavy (non-hydrogen) atoms. The molecule has 3 atom stereocenters. The Labute approximate surface area is 145 Å². The van der Waals surface area contributed by atoms with E-state index >= 15 is 0 Å². The summed E-state index contributed by atoms with van der Waals surface area (Å²) in [6, 6.07) is 10.7. The van der Waals surface area contributed by atoms with Gasteiger partial charge >= 0.3 is 6.09 Å². The van der Waals surface area contributed by atoms with E-state index in [-0.39, 0.29) is 30.7 Å². The predicted molar refractivity (Wildman–Crippen MR) is 94.8 cm³/mol. The van der Waals surface area contributed by atoms with Gasteiger partial charge in [-0.05, 0) is 39.7 Å². The van der Waals surface area contributed by atoms with Gasteiger partial charge in [-0.1, -0.05) is 30.3 Å². The fraction of sp³-hybridized carbons (Fsp3) is 0.632. The summed E-state index contributed by atoms with van der Waals surface area (Å²) in [5.41, 5.74) is 0.728. The Balaban J connectivity index is 1.94. The van der Waals surface area contributed by atoms with Crippen LogP contribution in [0.15, 0.2) is 30.3 Å². The van der Waals surface area contributed by atoms with Gasteiger partial charge in [-0.2, -0.15) is 0 Å². The second-order valence-corrected chi connectivity index (χ2v) is 7.56. The van der Waals surface area contributed by atoms with E-state index in [4.69, 9.17) is 4.74 Å². The lowest BCUT2D eigenvalue weighted by Gasteiger charge is -2.39. The van der Waals surface area contributed by atoms with Crippen LogP contribution in [-0.2, 0) is 4.74 Å². The lowest BCUT2D eigenvalue weighted by atomic mass is 9.91. The maximum absolute atomic E-state index is 12.2. The molecule has 0 aliphatic carbocycles. The Morgan fingerprint density at radius 1 is 1.38 bits per heavy atom. The van der Waals surface area contributed by atoms with Gasteiger partial charge in [0.1, 0.15) is 5.60 Å². The summed E-state index contributed by atoms with van der Waals surface area (Å²) < 4.78 is 5.44. The van der Waals surface area contributed by atoms with Crippen LogP contribution < -0.4 is 5.32 Å². The van der Waals surface area contributed by atoms with E-state index in [2.05, 4.69) is 24.4 Å². The van der Waals surface area contributed by atoms with Crippen molar-refractivity contribution < 1.29 is 14.6 Å². The van der Waals surface area contributed by atoms with Crippen molar-refractivity contribution in [1.82, 2.24) is 10.2 Å². The zero-order valence-corrected chi connectivity index (χ0v) is 15.2. The van der Waals surface area contributed by atoms with Gasteiger partial charge in [-0.25, -0.2) is 4.79 Å². The maximum atomic E-state index is 12.2. The van der Waals surface area contributed by atoms with Crippen LogP contribution in [0, 0.1) is 5.92 Å². The van der Waals surface area contributed by atoms with Crippen LogP contribution in [0.1, 0.15) is 45.7 Å². The van der Waals surface area contributed by atoms with Gasteiger partial charge in [0, 0.05) is 37.7 Å². The lowest BCUT2D eigenvalue weighted by molar-refractivity contribution is 0.00775. The molecule has 5 nitrogen and oxygen atoms in total. The van der Waals surface area contributed by atoms with E-state index in [1.165, 1.54) is 5.56 Å². The monoisotopic (exact) mass is 334 g/mol. The summed E-state index contributed by atoms with van der Waals surface area (Å²) in [5.74, 6) is 0.0115. The number of hydrogen-bond donors (Lipinski definition) is 2. The van der Waals surface area contributed by atoms with Crippen molar-refractivity contribution in [1.29, 1.82) is 0 Å². The first kappa shape index (κ1) is 18.7. The number of aliphatic hydroxyl groups is 1. The van der Waals surface area contributed by atoms with E-state index in [1.54, 1.807) is 4.90 Å². The third-order valence-corrected chi connectivity index (χ3v) is 4.38. The van der Waals surface area contributed by atoms with Crippen molar-refractivity contribution in [2.24, 2.45) is 5.92 Å². The number of likely N-dealkylation sites (tertiary alicyclic amines) is 1. The zero-order chi connectivity index (χ0) is 17.7. The minimum absolute atomic E-state index is 0.0115. The van der Waals surface area contributed by atoms with E-state index < -0.39 is 5.60 Å². The molecule has 0 saturated carbocycles. The zero-order valence-electron chi connectivity index (χ0n) is 15.2. The standard InChI is InChI=1S/C19H30N2O3/c1-14(15-8-6-5-7-9-15)20-17-10-11-21(12-16(17)13-22)18(23)24-19(2,3)4/h5-9,14,16-17,20,22H,10-13H2,1-4H3. The molecule has 1 fully saturated rings. The highest BCUT2D eigenvalue weighted by Crippen LogP contribution is 2.23. The van der Waals surface area contributed by atoms with E-state index in [1.807, 2.05) is 39.0 Å². The number of rotatable bonds is 4. The molecule has 1 saturated heterocycles. The Morgan fingerprint density at radius 3 is 2.62 bits per heavy atom. The molecule has 0 spiro atoms. The highest BCUT2D eigenvalue weighted by molar-refractivity contribution is 5.68. The summed E-state index contributed by atoms with van der Waals surface area (Å²) in [5, 5.41) is 13.4. The first-order valence-corrected chi connectivity index (χ1v) is 8.70. The fourth-order valence-corrected chi connectivity index (χ4v) is 3.09. The second kappa shape index (κ2) is 7.99. The molecule has 134 valence electrons. The van der Waals surface area contributed by atoms with Gasteiger partial charge in [0.05, 0.1) is 0 Å². The highest BCUT2D eigenvalue weighted by atomic mass is 16.6. The Hall–Kier alpha value is -1.59. The number of benzene rings is 1. The number of ether oxygens (including phenoxy) is 1. The van der Waals surface area contributed by atoms with Crippen molar-refractivity contribution in [2.45, 2.75) is 51.8 Å². The molecule has 0 bridgehead atoms. The lowest BCUT2D eigenvalue weighted by Crippen LogP contribution is -2.53. The van der Waals surface area contributed by atoms with Gasteiger partial charge in [-0.15, -0.1) is 0 Å². The number of piperidine rings is 1. The summed E-state index contributed by atoms with van der Waals surface area (Å²) in [6.45, 7) is 8.94. The number of carbonyl (C=O) groups is 1. The van der Waals surface area contributed by atoms with Gasteiger partial charge in [0.2, 0.25) is 0 Å². The molecule has 5 heteroatoms. The molecule has 1 heterocycles. The predicted octanol–water partition coefficient (Wildman–Crippen LogP) is 2.96. The van der Waals surface area contributed by atoms with Crippen molar-refractivity contribution in [3.05, 3.63) is 35.9 Å². The molecule has 0 radical (unpaired) electrons. The minimum Gasteiger partial charge on any atom is -0.444 e. The molecular formula is C19H30N2O3. The second-order valence-electron chi connectivity index (χ2n) is 7.56. The molecular weight excluding hydrogens is 304 g/mol. The van der Waals surface area contributed by atoms with Crippen LogP contribution in [0.5, 0.6) is 0 Å². The van der Waals surface area contributed by atoms with Crippen LogP contribution in [-0.4, -0.2) is 47.4 Å². The van der Waals surface area contributed by atoms with Crippen LogP contribution >= 0.6 is 0 Å². The van der Waals surface area contributed by atoms with Crippen LogP contribution in [0.2, 0.25) is 0 Å². The van der Waals surface area contributed by atoms with Gasteiger partial charge in [-0.3, -0.25) is 0 Å². The first-order valence-electron chi connectivity index (χ1n) is 8.70. The first-order chi connectivity index (χ1) is 11.3. The van der Waals surface area contributed by atoms with Crippen molar-refractivity contribution >= 4 is 6.09 Å². The third-order valence-electron chi connectivity index (χ3n) is 4.38. The van der Waals surface area contributed by atoms with Crippen molar-refractivity contribution in [3.63, 3.8) is 0 Å². The van der Waals surface area contributed by atoms with E-state index in [9.17, 15) is 9.90 Å². The van der Waals surface area contributed by atoms with E-state index in [0.717, 1.165) is 6.42 Å². The van der Waals surface area contributed by atoms with E-state index in [0.29, 0.717) is 13.1 Å². The number of hydrogen-bond acceptors (Lipinski definition) is 4. The molecule has 2 N–H and O–H groups in total. The largest absolute Gasteiger partial charge is 0.444 e. The van der Waals surface area contributed by atoms with Crippen LogP contribution in [0.25, 0.3) is 0 Å². The normalized spacial score (nSPS) is 23.0. The van der Waals surface area contributed by atoms with Crippen LogP contribution in [0.3, 0.4) is 0 Å². The number of nitrogens with zero attached hydrogens (tertiary/aromatic N) is 1. The molecule has 3 unspecified atom stereocenters. The average Bonchev–Trinajstić information content (AvgIpc) is 2.54. The quantitative estimate of drug-likeness (QED) is 0.889. The average molecular weight is 334 g/mol.